The van der Waals surface area contributed by atoms with Gasteiger partial charge in [-0.25, -0.2) is 9.69 Å². The summed E-state index contributed by atoms with van der Waals surface area (Å²) in [6.07, 6.45) is 9.95. The van der Waals surface area contributed by atoms with Crippen molar-refractivity contribution in [3.05, 3.63) is 23.8 Å². The number of carbonyl (C=O) groups excluding carboxylic acids is 2. The van der Waals surface area contributed by atoms with Crippen molar-refractivity contribution >= 4 is 12.0 Å². The minimum Gasteiger partial charge on any atom is -0.447 e. The first-order valence-electron chi connectivity index (χ1n) is 8.42. The average Bonchev–Trinajstić information content (AvgIpc) is 2.88. The van der Waals surface area contributed by atoms with Gasteiger partial charge in [-0.1, -0.05) is 51.5 Å². The van der Waals surface area contributed by atoms with Crippen molar-refractivity contribution in [1.82, 2.24) is 4.90 Å². The zero-order chi connectivity index (χ0) is 16.5. The normalized spacial score (nSPS) is 20.4. The molecule has 0 spiro atoms. The zero-order valence-electron chi connectivity index (χ0n) is 14.3. The summed E-state index contributed by atoms with van der Waals surface area (Å²) in [6, 6.07) is -0.142. The fourth-order valence-corrected chi connectivity index (χ4v) is 2.54. The Balaban J connectivity index is 0.00000116. The first-order chi connectivity index (χ1) is 10.6. The molecule has 0 N–H and O–H groups in total. The van der Waals surface area contributed by atoms with Gasteiger partial charge < -0.3 is 4.74 Å². The first kappa shape index (κ1) is 18.5. The number of hydrogen-bond acceptors (Lipinski definition) is 3. The minimum atomic E-state index is -0.482. The Hall–Kier alpha value is -1.58. The quantitative estimate of drug-likeness (QED) is 0.753. The van der Waals surface area contributed by atoms with Gasteiger partial charge in [0.1, 0.15) is 6.61 Å². The van der Waals surface area contributed by atoms with E-state index in [-0.39, 0.29) is 11.9 Å². The number of cyclic esters (lactones) is 1. The van der Waals surface area contributed by atoms with E-state index < -0.39 is 6.09 Å². The largest absolute Gasteiger partial charge is 0.447 e. The SMILES string of the molecule is CC.CC(C)CCC(=O)N1C(=O)OC[C@@H]1CC1=CCCC=C1. The lowest BCUT2D eigenvalue weighted by molar-refractivity contribution is -0.129. The molecule has 124 valence electrons. The highest BCUT2D eigenvalue weighted by Gasteiger charge is 2.37. The second kappa shape index (κ2) is 9.44. The number of rotatable bonds is 5. The van der Waals surface area contributed by atoms with Crippen LogP contribution in [0.1, 0.15) is 59.8 Å². The second-order valence-corrected chi connectivity index (χ2v) is 5.89. The number of amides is 2. The van der Waals surface area contributed by atoms with Crippen LogP contribution in [0.5, 0.6) is 0 Å². The highest BCUT2D eigenvalue weighted by Crippen LogP contribution is 2.24. The lowest BCUT2D eigenvalue weighted by Crippen LogP contribution is -2.39. The molecule has 1 aliphatic carbocycles. The Morgan fingerprint density at radius 3 is 2.68 bits per heavy atom. The lowest BCUT2D eigenvalue weighted by Gasteiger charge is -2.21. The Bertz CT molecular complexity index is 438. The van der Waals surface area contributed by atoms with Crippen LogP contribution < -0.4 is 0 Å². The molecular weight excluding hydrogens is 278 g/mol. The number of ether oxygens (including phenoxy) is 1. The van der Waals surface area contributed by atoms with Crippen molar-refractivity contribution in [2.45, 2.75) is 65.8 Å². The van der Waals surface area contributed by atoms with Gasteiger partial charge in [0.15, 0.2) is 0 Å². The van der Waals surface area contributed by atoms with Crippen LogP contribution in [0, 0.1) is 5.92 Å². The standard InChI is InChI=1S/C16H23NO3.C2H6/c1-12(2)8-9-15(18)17-14(11-20-16(17)19)10-13-6-4-3-5-7-13;1-2/h4,6-7,12,14H,3,5,8-11H2,1-2H3;1-2H3/t14-;/m0./s1. The number of carbonyl (C=O) groups is 2. The molecule has 2 aliphatic rings. The van der Waals surface area contributed by atoms with Crippen LogP contribution in [0.4, 0.5) is 4.79 Å². The monoisotopic (exact) mass is 307 g/mol. The van der Waals surface area contributed by atoms with Crippen molar-refractivity contribution in [3.63, 3.8) is 0 Å². The maximum absolute atomic E-state index is 12.2. The van der Waals surface area contributed by atoms with E-state index in [4.69, 9.17) is 4.74 Å². The molecule has 1 heterocycles. The summed E-state index contributed by atoms with van der Waals surface area (Å²) < 4.78 is 5.06. The van der Waals surface area contributed by atoms with Crippen molar-refractivity contribution in [2.24, 2.45) is 5.92 Å². The van der Waals surface area contributed by atoms with E-state index in [0.29, 0.717) is 25.4 Å². The van der Waals surface area contributed by atoms with Crippen LogP contribution in [0.25, 0.3) is 0 Å². The van der Waals surface area contributed by atoms with Gasteiger partial charge in [-0.3, -0.25) is 4.79 Å². The molecule has 0 unspecified atom stereocenters. The van der Waals surface area contributed by atoms with Crippen LogP contribution in [0.15, 0.2) is 23.8 Å². The third-order valence-electron chi connectivity index (χ3n) is 3.71. The molecule has 2 rings (SSSR count). The molecule has 4 heteroatoms. The third-order valence-corrected chi connectivity index (χ3v) is 3.71. The summed E-state index contributed by atoms with van der Waals surface area (Å²) in [5.41, 5.74) is 1.20. The maximum Gasteiger partial charge on any atom is 0.416 e. The van der Waals surface area contributed by atoms with E-state index in [1.165, 1.54) is 10.5 Å². The van der Waals surface area contributed by atoms with Gasteiger partial charge in [0.05, 0.1) is 6.04 Å². The van der Waals surface area contributed by atoms with Crippen LogP contribution in [0.2, 0.25) is 0 Å². The number of nitrogens with zero attached hydrogens (tertiary/aromatic N) is 1. The number of allylic oxidation sites excluding steroid dienone is 3. The Labute approximate surface area is 134 Å². The molecule has 1 aliphatic heterocycles. The Kier molecular flexibility index (Phi) is 7.92. The van der Waals surface area contributed by atoms with Crippen molar-refractivity contribution in [2.75, 3.05) is 6.61 Å². The van der Waals surface area contributed by atoms with E-state index in [1.54, 1.807) is 0 Å². The zero-order valence-corrected chi connectivity index (χ0v) is 14.3. The summed E-state index contributed by atoms with van der Waals surface area (Å²) >= 11 is 0. The molecule has 0 aromatic rings. The summed E-state index contributed by atoms with van der Waals surface area (Å²) in [5.74, 6) is 0.353. The van der Waals surface area contributed by atoms with Gasteiger partial charge in [0.2, 0.25) is 5.91 Å². The lowest BCUT2D eigenvalue weighted by atomic mass is 9.99. The topological polar surface area (TPSA) is 46.6 Å². The van der Waals surface area contributed by atoms with Crippen LogP contribution in [-0.4, -0.2) is 29.5 Å². The van der Waals surface area contributed by atoms with Crippen LogP contribution in [0.3, 0.4) is 0 Å². The third kappa shape index (κ3) is 5.32. The van der Waals surface area contributed by atoms with Crippen molar-refractivity contribution in [1.29, 1.82) is 0 Å². The van der Waals surface area contributed by atoms with Gasteiger partial charge in [0, 0.05) is 6.42 Å². The Morgan fingerprint density at radius 1 is 1.36 bits per heavy atom. The van der Waals surface area contributed by atoms with E-state index in [1.807, 2.05) is 13.8 Å². The van der Waals surface area contributed by atoms with E-state index in [9.17, 15) is 9.59 Å². The van der Waals surface area contributed by atoms with E-state index in [2.05, 4.69) is 32.1 Å². The summed E-state index contributed by atoms with van der Waals surface area (Å²) in [6.45, 7) is 8.47. The molecule has 22 heavy (non-hydrogen) atoms. The van der Waals surface area contributed by atoms with Gasteiger partial charge in [-0.2, -0.15) is 0 Å². The molecule has 1 saturated heterocycles. The highest BCUT2D eigenvalue weighted by atomic mass is 16.6. The van der Waals surface area contributed by atoms with Gasteiger partial charge >= 0.3 is 6.09 Å². The van der Waals surface area contributed by atoms with Crippen LogP contribution in [-0.2, 0) is 9.53 Å². The maximum atomic E-state index is 12.2. The summed E-state index contributed by atoms with van der Waals surface area (Å²) in [7, 11) is 0. The smallest absolute Gasteiger partial charge is 0.416 e. The van der Waals surface area contributed by atoms with Gasteiger partial charge in [-0.15, -0.1) is 0 Å². The molecule has 2 amide bonds. The molecule has 1 atom stereocenters. The minimum absolute atomic E-state index is 0.105. The average molecular weight is 307 g/mol. The van der Waals surface area contributed by atoms with E-state index in [0.717, 1.165) is 19.3 Å². The predicted octanol–water partition coefficient (Wildman–Crippen LogP) is 4.46. The number of hydrogen-bond donors (Lipinski definition) is 0. The molecule has 0 bridgehead atoms. The molecule has 0 aromatic carbocycles. The Morgan fingerprint density at radius 2 is 2.09 bits per heavy atom. The highest BCUT2D eigenvalue weighted by molar-refractivity contribution is 5.93. The second-order valence-electron chi connectivity index (χ2n) is 5.89. The molecule has 0 aromatic heterocycles. The molecule has 0 radical (unpaired) electrons. The molecule has 0 saturated carbocycles. The van der Waals surface area contributed by atoms with Gasteiger partial charge in [-0.05, 0) is 31.6 Å². The van der Waals surface area contributed by atoms with Gasteiger partial charge in [0.25, 0.3) is 0 Å². The fourth-order valence-electron chi connectivity index (χ4n) is 2.54. The molecule has 4 nitrogen and oxygen atoms in total. The number of imide groups is 1. The first-order valence-corrected chi connectivity index (χ1v) is 8.42. The van der Waals surface area contributed by atoms with Crippen molar-refractivity contribution < 1.29 is 14.3 Å². The van der Waals surface area contributed by atoms with Crippen LogP contribution >= 0.6 is 0 Å². The summed E-state index contributed by atoms with van der Waals surface area (Å²) in [4.78, 5) is 25.3. The molecular formula is C18H29NO3. The fraction of sp³-hybridized carbons (Fsp3) is 0.667. The van der Waals surface area contributed by atoms with E-state index >= 15 is 0 Å². The molecule has 1 fully saturated rings. The van der Waals surface area contributed by atoms with Crippen molar-refractivity contribution in [3.8, 4) is 0 Å². The predicted molar refractivity (Wildman–Crippen MR) is 88.5 cm³/mol. The summed E-state index contributed by atoms with van der Waals surface area (Å²) in [5, 5.41) is 0.